The molecule has 1 N–H and O–H groups in total. The van der Waals surface area contributed by atoms with Crippen LogP contribution in [0, 0.1) is 5.82 Å². The van der Waals surface area contributed by atoms with Crippen molar-refractivity contribution in [1.29, 1.82) is 0 Å². The van der Waals surface area contributed by atoms with Crippen molar-refractivity contribution in [2.75, 3.05) is 0 Å². The molecule has 0 saturated carbocycles. The molecule has 0 saturated heterocycles. The van der Waals surface area contributed by atoms with Crippen LogP contribution in [0.15, 0.2) is 64.5 Å². The van der Waals surface area contributed by atoms with Gasteiger partial charge in [-0.3, -0.25) is 14.0 Å². The van der Waals surface area contributed by atoms with E-state index in [1.807, 2.05) is 6.92 Å². The van der Waals surface area contributed by atoms with Gasteiger partial charge in [0.25, 0.3) is 0 Å². The highest BCUT2D eigenvalue weighted by Crippen LogP contribution is 2.46. The number of rotatable bonds is 10. The Morgan fingerprint density at radius 2 is 2.09 bits per heavy atom. The molecule has 180 valence electrons. The Labute approximate surface area is 210 Å². The number of aromatic nitrogens is 3. The van der Waals surface area contributed by atoms with Gasteiger partial charge in [0.05, 0.1) is 33.7 Å². The highest BCUT2D eigenvalue weighted by atomic mass is 35.5. The molecule has 3 rings (SSSR count). The molecule has 10 heteroatoms. The number of carbonyl (C=O) groups is 1. The maximum Gasteiger partial charge on any atom is 0.307 e. The average molecular weight is 526 g/mol. The lowest BCUT2D eigenvalue weighted by atomic mass is 10.2. The van der Waals surface area contributed by atoms with Crippen molar-refractivity contribution in [3.63, 3.8) is 0 Å². The Kier molecular flexibility index (Phi) is 8.62. The Hall–Kier alpha value is -2.55. The number of benzene rings is 1. The van der Waals surface area contributed by atoms with Gasteiger partial charge in [0.2, 0.25) is 0 Å². The monoisotopic (exact) mass is 525 g/mol. The summed E-state index contributed by atoms with van der Waals surface area (Å²) in [5, 5.41) is 13.9. The van der Waals surface area contributed by atoms with Crippen LogP contribution in [-0.4, -0.2) is 25.4 Å². The molecule has 0 aliphatic heterocycles. The number of allylic oxidation sites excluding steroid dienone is 3. The van der Waals surface area contributed by atoms with E-state index in [2.05, 4.69) is 11.7 Å². The number of aryl methyl sites for hydroxylation is 1. The standard InChI is InChI=1S/C24H23Cl2F2N3O2S/c1-4-6-7-18(20(27)14(3)11-19(32)33)34-23-16-8-9-17(25)21(28)22(16)31(24(23)26)15-12-29-30(13-15)10-5-2/h4,7-9,12-13H,1,5-6,10-11H2,2-3H3,(H,32,33)/b18-7+,20-14-. The molecular weight excluding hydrogens is 503 g/mol. The summed E-state index contributed by atoms with van der Waals surface area (Å²) < 4.78 is 33.7. The minimum absolute atomic E-state index is 0.0604. The van der Waals surface area contributed by atoms with Gasteiger partial charge in [-0.05, 0) is 37.5 Å². The lowest BCUT2D eigenvalue weighted by Crippen LogP contribution is -1.98. The molecule has 0 aliphatic carbocycles. The van der Waals surface area contributed by atoms with E-state index >= 15 is 8.78 Å². The molecule has 0 atom stereocenters. The van der Waals surface area contributed by atoms with Crippen LogP contribution in [0.25, 0.3) is 16.6 Å². The lowest BCUT2D eigenvalue weighted by molar-refractivity contribution is -0.136. The molecule has 0 fully saturated rings. The van der Waals surface area contributed by atoms with Gasteiger partial charge in [-0.2, -0.15) is 5.10 Å². The molecule has 2 heterocycles. The first-order valence-corrected chi connectivity index (χ1v) is 12.0. The van der Waals surface area contributed by atoms with E-state index in [1.54, 1.807) is 35.3 Å². The van der Waals surface area contributed by atoms with Gasteiger partial charge in [0.15, 0.2) is 5.82 Å². The van der Waals surface area contributed by atoms with Crippen molar-refractivity contribution in [2.45, 2.75) is 44.6 Å². The molecule has 1 aromatic carbocycles. The summed E-state index contributed by atoms with van der Waals surface area (Å²) in [5.74, 6) is -2.47. The van der Waals surface area contributed by atoms with E-state index in [0.29, 0.717) is 28.9 Å². The van der Waals surface area contributed by atoms with Gasteiger partial charge in [0.1, 0.15) is 11.0 Å². The van der Waals surface area contributed by atoms with E-state index in [9.17, 15) is 4.79 Å². The van der Waals surface area contributed by atoms with Crippen LogP contribution in [0.2, 0.25) is 10.2 Å². The highest BCUT2D eigenvalue weighted by molar-refractivity contribution is 8.03. The Bertz CT molecular complexity index is 1310. The zero-order valence-corrected chi connectivity index (χ0v) is 20.9. The van der Waals surface area contributed by atoms with E-state index in [1.165, 1.54) is 17.6 Å². The molecule has 0 spiro atoms. The van der Waals surface area contributed by atoms with Gasteiger partial charge >= 0.3 is 5.97 Å². The number of carboxylic acids is 1. The van der Waals surface area contributed by atoms with Crippen molar-refractivity contribution in [2.24, 2.45) is 0 Å². The Morgan fingerprint density at radius 1 is 1.35 bits per heavy atom. The van der Waals surface area contributed by atoms with Crippen molar-refractivity contribution >= 4 is 51.8 Å². The smallest absolute Gasteiger partial charge is 0.307 e. The third-order valence-electron chi connectivity index (χ3n) is 4.94. The number of fused-ring (bicyclic) bond motifs is 1. The van der Waals surface area contributed by atoms with Crippen LogP contribution < -0.4 is 0 Å². The summed E-state index contributed by atoms with van der Waals surface area (Å²) in [7, 11) is 0. The van der Waals surface area contributed by atoms with Crippen LogP contribution in [0.1, 0.15) is 33.1 Å². The van der Waals surface area contributed by atoms with E-state index in [-0.39, 0.29) is 26.2 Å². The summed E-state index contributed by atoms with van der Waals surface area (Å²) >= 11 is 13.8. The number of carboxylic acid groups (broad SMARTS) is 1. The number of hydrogen-bond donors (Lipinski definition) is 1. The Balaban J connectivity index is 2.22. The fraction of sp³-hybridized carbons (Fsp3) is 0.250. The zero-order valence-electron chi connectivity index (χ0n) is 18.6. The lowest BCUT2D eigenvalue weighted by Gasteiger charge is -2.09. The minimum atomic E-state index is -1.14. The van der Waals surface area contributed by atoms with Crippen molar-refractivity contribution in [1.82, 2.24) is 14.3 Å². The van der Waals surface area contributed by atoms with E-state index in [4.69, 9.17) is 28.3 Å². The van der Waals surface area contributed by atoms with Crippen LogP contribution >= 0.6 is 35.0 Å². The zero-order chi connectivity index (χ0) is 25.0. The van der Waals surface area contributed by atoms with E-state index < -0.39 is 24.0 Å². The van der Waals surface area contributed by atoms with Crippen LogP contribution in [0.5, 0.6) is 0 Å². The summed E-state index contributed by atoms with van der Waals surface area (Å²) in [6.45, 7) is 7.76. The Morgan fingerprint density at radius 3 is 2.74 bits per heavy atom. The minimum Gasteiger partial charge on any atom is -0.481 e. The van der Waals surface area contributed by atoms with E-state index in [0.717, 1.165) is 18.2 Å². The maximum absolute atomic E-state index is 15.3. The van der Waals surface area contributed by atoms with Crippen LogP contribution in [-0.2, 0) is 11.3 Å². The summed E-state index contributed by atoms with van der Waals surface area (Å²) in [6.07, 6.45) is 7.25. The molecule has 0 unspecified atom stereocenters. The summed E-state index contributed by atoms with van der Waals surface area (Å²) in [6, 6.07) is 3.04. The number of nitrogens with zero attached hydrogens (tertiary/aromatic N) is 3. The molecule has 0 bridgehead atoms. The molecule has 0 amide bonds. The highest BCUT2D eigenvalue weighted by Gasteiger charge is 2.25. The number of aliphatic carboxylic acids is 1. The molecule has 34 heavy (non-hydrogen) atoms. The molecule has 0 aliphatic rings. The molecule has 0 radical (unpaired) electrons. The van der Waals surface area contributed by atoms with Crippen molar-refractivity contribution < 1.29 is 18.7 Å². The van der Waals surface area contributed by atoms with Gasteiger partial charge in [-0.25, -0.2) is 8.78 Å². The number of hydrogen-bond acceptors (Lipinski definition) is 3. The normalized spacial score (nSPS) is 12.8. The number of thioether (sulfide) groups is 1. The predicted octanol–water partition coefficient (Wildman–Crippen LogP) is 7.95. The van der Waals surface area contributed by atoms with Gasteiger partial charge < -0.3 is 5.11 Å². The van der Waals surface area contributed by atoms with Crippen LogP contribution in [0.4, 0.5) is 8.78 Å². The summed E-state index contributed by atoms with van der Waals surface area (Å²) in [5.41, 5.74) is 0.738. The quantitative estimate of drug-likeness (QED) is 0.165. The SMILES string of the molecule is C=CC/C=C(Sc1c(Cl)n(-c2cnn(CCC)c2)c2c(F)c(Cl)ccc12)\C(F)=C(/C)CC(=O)O. The fourth-order valence-electron chi connectivity index (χ4n) is 3.40. The molecule has 3 aromatic rings. The second kappa shape index (κ2) is 11.3. The first kappa shape index (κ1) is 26.1. The fourth-order valence-corrected chi connectivity index (χ4v) is 5.07. The average Bonchev–Trinajstić information content (AvgIpc) is 3.35. The first-order chi connectivity index (χ1) is 16.2. The van der Waals surface area contributed by atoms with Crippen molar-refractivity contribution in [3.05, 3.63) is 75.6 Å². The maximum atomic E-state index is 15.3. The van der Waals surface area contributed by atoms with Crippen molar-refractivity contribution in [3.8, 4) is 5.69 Å². The predicted molar refractivity (Wildman–Crippen MR) is 134 cm³/mol. The summed E-state index contributed by atoms with van der Waals surface area (Å²) in [4.78, 5) is 11.7. The van der Waals surface area contributed by atoms with Gasteiger partial charge in [-0.1, -0.05) is 54.0 Å². The van der Waals surface area contributed by atoms with Gasteiger partial charge in [-0.15, -0.1) is 6.58 Å². The van der Waals surface area contributed by atoms with Gasteiger partial charge in [0, 0.05) is 23.0 Å². The third kappa shape index (κ3) is 5.40. The van der Waals surface area contributed by atoms with Crippen LogP contribution in [0.3, 0.4) is 0 Å². The second-order valence-corrected chi connectivity index (χ2v) is 9.35. The molecular formula is C24H23Cl2F2N3O2S. The largest absolute Gasteiger partial charge is 0.481 e. The number of halogens is 4. The first-order valence-electron chi connectivity index (χ1n) is 10.5. The molecule has 5 nitrogen and oxygen atoms in total. The third-order valence-corrected chi connectivity index (χ3v) is 6.89. The molecule has 2 aromatic heterocycles. The topological polar surface area (TPSA) is 60.0 Å². The second-order valence-electron chi connectivity index (χ2n) is 7.53.